The second kappa shape index (κ2) is 7.89. The van der Waals surface area contributed by atoms with E-state index in [2.05, 4.69) is 10.0 Å². The van der Waals surface area contributed by atoms with Crippen molar-refractivity contribution in [3.8, 4) is 0 Å². The number of aryl methyl sites for hydroxylation is 1. The highest BCUT2D eigenvalue weighted by Crippen LogP contribution is 2.37. The van der Waals surface area contributed by atoms with E-state index in [9.17, 15) is 18.0 Å². The number of carbonyl (C=O) groups excluding carboxylic acids is 2. The molecule has 4 rings (SSSR count). The molecule has 1 heterocycles. The minimum Gasteiger partial charge on any atom is -0.365 e. The zero-order chi connectivity index (χ0) is 20.6. The molecule has 29 heavy (non-hydrogen) atoms. The van der Waals surface area contributed by atoms with Crippen molar-refractivity contribution < 1.29 is 18.0 Å². The van der Waals surface area contributed by atoms with Crippen molar-refractivity contribution >= 4 is 38.2 Å². The van der Waals surface area contributed by atoms with Crippen molar-refractivity contribution in [3.05, 3.63) is 45.8 Å². The molecule has 2 amide bonds. The number of nitrogens with one attached hydrogen (secondary N) is 2. The first-order valence-electron chi connectivity index (χ1n) is 9.73. The number of rotatable bonds is 6. The van der Waals surface area contributed by atoms with Crippen LogP contribution in [0, 0.1) is 0 Å². The van der Waals surface area contributed by atoms with Crippen LogP contribution in [0.4, 0.5) is 5.00 Å². The highest BCUT2D eigenvalue weighted by molar-refractivity contribution is 7.89. The molecular weight excluding hydrogens is 410 g/mol. The molecule has 1 aromatic carbocycles. The number of amides is 2. The van der Waals surface area contributed by atoms with Gasteiger partial charge in [0.15, 0.2) is 0 Å². The second-order valence-corrected chi connectivity index (χ2v) is 10.3. The molecule has 4 N–H and O–H groups in total. The quantitative estimate of drug-likeness (QED) is 0.607. The van der Waals surface area contributed by atoms with Gasteiger partial charge in [-0.3, -0.25) is 9.59 Å². The van der Waals surface area contributed by atoms with E-state index in [-0.39, 0.29) is 16.5 Å². The fraction of sp³-hybridized carbons (Fsp3) is 0.400. The van der Waals surface area contributed by atoms with E-state index in [0.29, 0.717) is 10.6 Å². The second-order valence-electron chi connectivity index (χ2n) is 7.51. The van der Waals surface area contributed by atoms with Crippen LogP contribution in [0.3, 0.4) is 0 Å². The molecule has 2 aromatic rings. The van der Waals surface area contributed by atoms with Gasteiger partial charge in [0, 0.05) is 16.5 Å². The Labute approximate surface area is 173 Å². The van der Waals surface area contributed by atoms with Crippen LogP contribution in [-0.4, -0.2) is 26.3 Å². The minimum atomic E-state index is -3.66. The number of carbonyl (C=O) groups is 2. The van der Waals surface area contributed by atoms with E-state index in [1.807, 2.05) is 0 Å². The normalized spacial score (nSPS) is 16.7. The molecule has 0 saturated heterocycles. The lowest BCUT2D eigenvalue weighted by Gasteiger charge is -2.09. The first-order valence-corrected chi connectivity index (χ1v) is 12.0. The summed E-state index contributed by atoms with van der Waals surface area (Å²) in [7, 11) is -3.66. The van der Waals surface area contributed by atoms with Gasteiger partial charge in [-0.2, -0.15) is 0 Å². The number of thiophene rings is 1. The summed E-state index contributed by atoms with van der Waals surface area (Å²) in [5.41, 5.74) is 7.15. The van der Waals surface area contributed by atoms with Crippen molar-refractivity contribution in [2.24, 2.45) is 5.73 Å². The van der Waals surface area contributed by atoms with Crippen LogP contribution in [0.5, 0.6) is 0 Å². The van der Waals surface area contributed by atoms with E-state index >= 15 is 0 Å². The van der Waals surface area contributed by atoms with Crippen LogP contribution in [0.15, 0.2) is 29.2 Å². The monoisotopic (exact) mass is 433 g/mol. The Morgan fingerprint density at radius 2 is 1.86 bits per heavy atom. The van der Waals surface area contributed by atoms with Crippen LogP contribution in [0.25, 0.3) is 0 Å². The van der Waals surface area contributed by atoms with Crippen molar-refractivity contribution in [2.45, 2.75) is 55.9 Å². The smallest absolute Gasteiger partial charge is 0.256 e. The van der Waals surface area contributed by atoms with Gasteiger partial charge in [-0.15, -0.1) is 11.3 Å². The summed E-state index contributed by atoms with van der Waals surface area (Å²) in [5, 5.41) is 3.22. The SMILES string of the molecule is NC(=O)c1c(NC(=O)c2cccc(S(=O)(=O)NC3CC3)c2)sc2c1CCCCC2. The molecule has 2 aliphatic rings. The van der Waals surface area contributed by atoms with Crippen LogP contribution >= 0.6 is 11.3 Å². The largest absolute Gasteiger partial charge is 0.365 e. The summed E-state index contributed by atoms with van der Waals surface area (Å²) in [6, 6.07) is 5.88. The summed E-state index contributed by atoms with van der Waals surface area (Å²) >= 11 is 1.39. The van der Waals surface area contributed by atoms with E-state index in [4.69, 9.17) is 5.73 Å². The van der Waals surface area contributed by atoms with E-state index < -0.39 is 21.8 Å². The summed E-state index contributed by atoms with van der Waals surface area (Å²) in [4.78, 5) is 26.0. The summed E-state index contributed by atoms with van der Waals surface area (Å²) in [5.74, 6) is -1.02. The van der Waals surface area contributed by atoms with Crippen molar-refractivity contribution in [3.63, 3.8) is 0 Å². The molecule has 0 bridgehead atoms. The summed E-state index contributed by atoms with van der Waals surface area (Å²) in [6.45, 7) is 0. The Balaban J connectivity index is 1.60. The van der Waals surface area contributed by atoms with Gasteiger partial charge in [0.2, 0.25) is 10.0 Å². The van der Waals surface area contributed by atoms with E-state index in [1.165, 1.54) is 29.5 Å². The fourth-order valence-electron chi connectivity index (χ4n) is 3.56. The highest BCUT2D eigenvalue weighted by Gasteiger charge is 2.29. The van der Waals surface area contributed by atoms with Crippen LogP contribution in [0.1, 0.15) is 63.3 Å². The number of fused-ring (bicyclic) bond motifs is 1. The van der Waals surface area contributed by atoms with Gasteiger partial charge in [0.05, 0.1) is 10.5 Å². The van der Waals surface area contributed by atoms with Crippen LogP contribution in [-0.2, 0) is 22.9 Å². The minimum absolute atomic E-state index is 0.0165. The molecule has 0 radical (unpaired) electrons. The molecule has 0 unspecified atom stereocenters. The molecule has 1 fully saturated rings. The molecular formula is C20H23N3O4S2. The molecule has 0 aliphatic heterocycles. The van der Waals surface area contributed by atoms with Crippen molar-refractivity contribution in [1.29, 1.82) is 0 Å². The van der Waals surface area contributed by atoms with Gasteiger partial charge < -0.3 is 11.1 Å². The lowest BCUT2D eigenvalue weighted by molar-refractivity contribution is 0.100. The Morgan fingerprint density at radius 3 is 2.59 bits per heavy atom. The zero-order valence-electron chi connectivity index (χ0n) is 15.9. The number of primary amides is 1. The van der Waals surface area contributed by atoms with Gasteiger partial charge >= 0.3 is 0 Å². The number of hydrogen-bond acceptors (Lipinski definition) is 5. The Kier molecular flexibility index (Phi) is 5.46. The molecule has 0 spiro atoms. The number of benzene rings is 1. The van der Waals surface area contributed by atoms with E-state index in [0.717, 1.165) is 55.4 Å². The Bertz CT molecular complexity index is 1070. The Morgan fingerprint density at radius 1 is 1.10 bits per heavy atom. The Hall–Kier alpha value is -2.23. The van der Waals surface area contributed by atoms with Crippen LogP contribution < -0.4 is 15.8 Å². The standard InChI is InChI=1S/C20H23N3O4S2/c21-18(24)17-15-7-2-1-3-8-16(15)28-20(17)22-19(25)12-5-4-6-14(11-12)29(26,27)23-13-9-10-13/h4-6,11,13,23H,1-3,7-10H2,(H2,21,24)(H,22,25). The third-order valence-electron chi connectivity index (χ3n) is 5.20. The van der Waals surface area contributed by atoms with Gasteiger partial charge in [-0.05, 0) is 62.3 Å². The summed E-state index contributed by atoms with van der Waals surface area (Å²) < 4.78 is 27.5. The zero-order valence-corrected chi connectivity index (χ0v) is 17.5. The molecule has 1 saturated carbocycles. The van der Waals surface area contributed by atoms with E-state index in [1.54, 1.807) is 6.07 Å². The van der Waals surface area contributed by atoms with Gasteiger partial charge in [-0.1, -0.05) is 12.5 Å². The predicted molar refractivity (Wildman–Crippen MR) is 112 cm³/mol. The highest BCUT2D eigenvalue weighted by atomic mass is 32.2. The number of anilines is 1. The number of sulfonamides is 1. The molecule has 0 atom stereocenters. The molecule has 7 nitrogen and oxygen atoms in total. The van der Waals surface area contributed by atoms with Gasteiger partial charge in [-0.25, -0.2) is 13.1 Å². The molecule has 9 heteroatoms. The maximum absolute atomic E-state index is 12.8. The predicted octanol–water partition coefficient (Wildman–Crippen LogP) is 2.81. The molecule has 154 valence electrons. The summed E-state index contributed by atoms with van der Waals surface area (Å²) in [6.07, 6.45) is 6.46. The topological polar surface area (TPSA) is 118 Å². The maximum Gasteiger partial charge on any atom is 0.256 e. The molecule has 1 aromatic heterocycles. The van der Waals surface area contributed by atoms with Crippen LogP contribution in [0.2, 0.25) is 0 Å². The van der Waals surface area contributed by atoms with Gasteiger partial charge in [0.1, 0.15) is 5.00 Å². The fourth-order valence-corrected chi connectivity index (χ4v) is 6.20. The lowest BCUT2D eigenvalue weighted by Crippen LogP contribution is -2.26. The van der Waals surface area contributed by atoms with Gasteiger partial charge in [0.25, 0.3) is 11.8 Å². The molecule has 2 aliphatic carbocycles. The number of nitrogens with two attached hydrogens (primary N) is 1. The number of hydrogen-bond donors (Lipinski definition) is 3. The lowest BCUT2D eigenvalue weighted by atomic mass is 10.1. The average molecular weight is 434 g/mol. The maximum atomic E-state index is 12.8. The first-order chi connectivity index (χ1) is 13.8. The third-order valence-corrected chi connectivity index (χ3v) is 7.93. The first kappa shape index (κ1) is 20.1. The third kappa shape index (κ3) is 4.36. The van der Waals surface area contributed by atoms with Crippen molar-refractivity contribution in [2.75, 3.05) is 5.32 Å². The average Bonchev–Trinajstić information content (AvgIpc) is 3.45. The van der Waals surface area contributed by atoms with Crippen molar-refractivity contribution in [1.82, 2.24) is 4.72 Å².